The van der Waals surface area contributed by atoms with Crippen LogP contribution in [0, 0.1) is 5.41 Å². The highest BCUT2D eigenvalue weighted by Crippen LogP contribution is 2.48. The predicted octanol–water partition coefficient (Wildman–Crippen LogP) is 3.52. The van der Waals surface area contributed by atoms with E-state index in [1.807, 2.05) is 36.4 Å². The number of ether oxygens (including phenoxy) is 1. The number of aromatic nitrogens is 2. The van der Waals surface area contributed by atoms with Crippen LogP contribution >= 0.6 is 0 Å². The highest BCUT2D eigenvalue weighted by atomic mass is 16.6. The molecule has 0 bridgehead atoms. The molecule has 1 amide bonds. The van der Waals surface area contributed by atoms with Crippen molar-refractivity contribution in [2.24, 2.45) is 5.41 Å². The molecule has 2 fully saturated rings. The molecule has 1 saturated carbocycles. The number of fused-ring (bicyclic) bond motifs is 1. The first-order valence-electron chi connectivity index (χ1n) is 9.42. The Labute approximate surface area is 153 Å². The van der Waals surface area contributed by atoms with Gasteiger partial charge in [-0.2, -0.15) is 0 Å². The molecule has 26 heavy (non-hydrogen) atoms. The molecule has 1 N–H and O–H groups in total. The van der Waals surface area contributed by atoms with Gasteiger partial charge in [0.15, 0.2) is 5.43 Å². The van der Waals surface area contributed by atoms with Crippen LogP contribution in [0.5, 0.6) is 0 Å². The maximum atomic E-state index is 12.2. The SMILES string of the molecule is CC(C)(C)OC(=O)N1CC2(CCC(c3c[nH]n4ccc(=O)cc34)CC2)C1. The van der Waals surface area contributed by atoms with Crippen LogP contribution in [0.3, 0.4) is 0 Å². The third-order valence-corrected chi connectivity index (χ3v) is 5.77. The monoisotopic (exact) mass is 357 g/mol. The van der Waals surface area contributed by atoms with Crippen LogP contribution in [0.2, 0.25) is 0 Å². The summed E-state index contributed by atoms with van der Waals surface area (Å²) < 4.78 is 7.38. The van der Waals surface area contributed by atoms with Crippen LogP contribution in [0.25, 0.3) is 5.52 Å². The van der Waals surface area contributed by atoms with Crippen molar-refractivity contribution < 1.29 is 9.53 Å². The smallest absolute Gasteiger partial charge is 0.410 e. The number of pyridine rings is 1. The van der Waals surface area contributed by atoms with Gasteiger partial charge in [0, 0.05) is 43.0 Å². The molecule has 6 nitrogen and oxygen atoms in total. The molecule has 1 aliphatic carbocycles. The summed E-state index contributed by atoms with van der Waals surface area (Å²) >= 11 is 0. The Morgan fingerprint density at radius 3 is 2.62 bits per heavy atom. The largest absolute Gasteiger partial charge is 0.444 e. The lowest BCUT2D eigenvalue weighted by Gasteiger charge is -2.53. The lowest BCUT2D eigenvalue weighted by Crippen LogP contribution is -2.60. The molecule has 2 aliphatic rings. The van der Waals surface area contributed by atoms with E-state index >= 15 is 0 Å². The van der Waals surface area contributed by atoms with E-state index in [0.717, 1.165) is 44.3 Å². The van der Waals surface area contributed by atoms with Gasteiger partial charge < -0.3 is 14.7 Å². The van der Waals surface area contributed by atoms with Crippen LogP contribution < -0.4 is 5.43 Å². The second kappa shape index (κ2) is 5.89. The molecule has 3 heterocycles. The van der Waals surface area contributed by atoms with Crippen molar-refractivity contribution in [3.63, 3.8) is 0 Å². The zero-order valence-corrected chi connectivity index (χ0v) is 15.7. The summed E-state index contributed by atoms with van der Waals surface area (Å²) in [5.74, 6) is 0.472. The minimum absolute atomic E-state index is 0.0464. The predicted molar refractivity (Wildman–Crippen MR) is 99.5 cm³/mol. The summed E-state index contributed by atoms with van der Waals surface area (Å²) in [4.78, 5) is 25.7. The van der Waals surface area contributed by atoms with Crippen molar-refractivity contribution in [3.8, 4) is 0 Å². The number of nitrogens with zero attached hydrogens (tertiary/aromatic N) is 2. The molecular formula is C20H27N3O3. The standard InChI is InChI=1S/C20H27N3O3/c1-19(2,3)26-18(25)22-12-20(13-22)7-4-14(5-8-20)16-11-21-23-9-6-15(24)10-17(16)23/h6,9-11,14,21H,4-5,7-8,12-13H2,1-3H3. The number of nitrogens with one attached hydrogen (secondary N) is 1. The quantitative estimate of drug-likeness (QED) is 0.849. The minimum Gasteiger partial charge on any atom is -0.444 e. The number of H-pyrrole nitrogens is 1. The van der Waals surface area contributed by atoms with Gasteiger partial charge in [-0.05, 0) is 57.9 Å². The van der Waals surface area contributed by atoms with Crippen molar-refractivity contribution in [2.75, 3.05) is 13.1 Å². The Bertz CT molecular complexity index is 874. The van der Waals surface area contributed by atoms with Crippen molar-refractivity contribution in [1.29, 1.82) is 0 Å². The Balaban J connectivity index is 1.39. The highest BCUT2D eigenvalue weighted by Gasteiger charge is 2.48. The normalized spacial score (nSPS) is 20.3. The van der Waals surface area contributed by atoms with E-state index in [2.05, 4.69) is 5.10 Å². The van der Waals surface area contributed by atoms with Gasteiger partial charge in [0.1, 0.15) is 5.60 Å². The Hall–Kier alpha value is -2.24. The van der Waals surface area contributed by atoms with Gasteiger partial charge in [0.2, 0.25) is 0 Å². The first-order chi connectivity index (χ1) is 12.2. The fourth-order valence-electron chi connectivity index (χ4n) is 4.43. The summed E-state index contributed by atoms with van der Waals surface area (Å²) in [6.45, 7) is 7.32. The van der Waals surface area contributed by atoms with Crippen LogP contribution in [0.4, 0.5) is 4.79 Å². The molecule has 0 radical (unpaired) electrons. The fraction of sp³-hybridized carbons (Fsp3) is 0.600. The molecule has 2 aromatic heterocycles. The number of carbonyl (C=O) groups is 1. The van der Waals surface area contributed by atoms with Gasteiger partial charge >= 0.3 is 6.09 Å². The van der Waals surface area contributed by atoms with Gasteiger partial charge in [0.05, 0.1) is 5.52 Å². The number of hydrogen-bond acceptors (Lipinski definition) is 3. The summed E-state index contributed by atoms with van der Waals surface area (Å²) in [5.41, 5.74) is 2.09. The van der Waals surface area contributed by atoms with E-state index in [0.29, 0.717) is 5.92 Å². The minimum atomic E-state index is -0.440. The number of likely N-dealkylation sites (tertiary alicyclic amines) is 1. The average Bonchev–Trinajstić information content (AvgIpc) is 2.94. The van der Waals surface area contributed by atoms with Crippen molar-refractivity contribution >= 4 is 11.6 Å². The second-order valence-corrected chi connectivity index (χ2v) is 8.96. The maximum Gasteiger partial charge on any atom is 0.410 e. The molecule has 6 heteroatoms. The number of amides is 1. The molecule has 0 atom stereocenters. The van der Waals surface area contributed by atoms with E-state index in [9.17, 15) is 9.59 Å². The van der Waals surface area contributed by atoms with Crippen LogP contribution in [0.15, 0.2) is 29.3 Å². The van der Waals surface area contributed by atoms with Crippen molar-refractivity contribution in [1.82, 2.24) is 14.5 Å². The maximum absolute atomic E-state index is 12.2. The van der Waals surface area contributed by atoms with Crippen LogP contribution in [-0.2, 0) is 4.74 Å². The second-order valence-electron chi connectivity index (χ2n) is 8.96. The molecule has 1 aliphatic heterocycles. The van der Waals surface area contributed by atoms with E-state index in [1.54, 1.807) is 18.3 Å². The number of rotatable bonds is 1. The first-order valence-corrected chi connectivity index (χ1v) is 9.42. The molecule has 0 unspecified atom stereocenters. The van der Waals surface area contributed by atoms with Crippen molar-refractivity contribution in [2.45, 2.75) is 58.0 Å². The number of carbonyl (C=O) groups excluding carboxylic acids is 1. The van der Waals surface area contributed by atoms with Crippen LogP contribution in [-0.4, -0.2) is 39.3 Å². The van der Waals surface area contributed by atoms with E-state index in [-0.39, 0.29) is 16.9 Å². The topological polar surface area (TPSA) is 66.8 Å². The molecule has 1 spiro atoms. The van der Waals surface area contributed by atoms with Gasteiger partial charge in [-0.3, -0.25) is 9.31 Å². The number of aromatic amines is 1. The Morgan fingerprint density at radius 1 is 1.27 bits per heavy atom. The molecule has 4 rings (SSSR count). The van der Waals surface area contributed by atoms with Gasteiger partial charge in [0.25, 0.3) is 0 Å². The lowest BCUT2D eigenvalue weighted by atomic mass is 9.65. The average molecular weight is 357 g/mol. The first kappa shape index (κ1) is 17.2. The third kappa shape index (κ3) is 3.13. The zero-order chi connectivity index (χ0) is 18.5. The Kier molecular flexibility index (Phi) is 3.90. The van der Waals surface area contributed by atoms with E-state index in [4.69, 9.17) is 4.74 Å². The van der Waals surface area contributed by atoms with E-state index < -0.39 is 5.60 Å². The summed E-state index contributed by atoms with van der Waals surface area (Å²) in [6, 6.07) is 3.28. The molecule has 1 saturated heterocycles. The molecule has 2 aromatic rings. The molecule has 140 valence electrons. The van der Waals surface area contributed by atoms with E-state index in [1.165, 1.54) is 5.56 Å². The van der Waals surface area contributed by atoms with Gasteiger partial charge in [-0.1, -0.05) is 0 Å². The summed E-state index contributed by atoms with van der Waals surface area (Å²) in [7, 11) is 0. The molecular weight excluding hydrogens is 330 g/mol. The summed E-state index contributed by atoms with van der Waals surface area (Å²) in [5, 5.41) is 3.21. The zero-order valence-electron chi connectivity index (χ0n) is 15.7. The van der Waals surface area contributed by atoms with Gasteiger partial charge in [-0.15, -0.1) is 0 Å². The Morgan fingerprint density at radius 2 is 1.96 bits per heavy atom. The number of hydrogen-bond donors (Lipinski definition) is 1. The highest BCUT2D eigenvalue weighted by molar-refractivity contribution is 5.69. The molecule has 0 aromatic carbocycles. The lowest BCUT2D eigenvalue weighted by molar-refractivity contribution is -0.0505. The third-order valence-electron chi connectivity index (χ3n) is 5.77. The van der Waals surface area contributed by atoms with Crippen LogP contribution in [0.1, 0.15) is 57.9 Å². The van der Waals surface area contributed by atoms with Gasteiger partial charge in [-0.25, -0.2) is 4.79 Å². The fourth-order valence-corrected chi connectivity index (χ4v) is 4.43. The van der Waals surface area contributed by atoms with Crippen molar-refractivity contribution in [3.05, 3.63) is 40.3 Å². The summed E-state index contributed by atoms with van der Waals surface area (Å²) in [6.07, 6.45) is 8.05.